The molecule has 1 aromatic rings. The van der Waals surface area contributed by atoms with Crippen molar-refractivity contribution in [2.45, 2.75) is 0 Å². The molecule has 1 aromatic heterocycles. The molecule has 0 spiro atoms. The SMILES string of the molecule is O=C(CCl)n1ccsc1=O. The third-order valence-electron chi connectivity index (χ3n) is 0.958. The number of hydrogen-bond acceptors (Lipinski definition) is 3. The van der Waals surface area contributed by atoms with Gasteiger partial charge in [-0.3, -0.25) is 9.59 Å². The molecule has 0 aromatic carbocycles. The Hall–Kier alpha value is -0.610. The van der Waals surface area contributed by atoms with E-state index in [4.69, 9.17) is 11.6 Å². The number of halogens is 1. The van der Waals surface area contributed by atoms with Crippen molar-refractivity contribution in [3.05, 3.63) is 21.2 Å². The third-order valence-corrected chi connectivity index (χ3v) is 1.84. The van der Waals surface area contributed by atoms with E-state index in [-0.39, 0.29) is 16.7 Å². The van der Waals surface area contributed by atoms with E-state index >= 15 is 0 Å². The number of carbonyl (C=O) groups excluding carboxylic acids is 1. The summed E-state index contributed by atoms with van der Waals surface area (Å²) >= 11 is 6.19. The van der Waals surface area contributed by atoms with Gasteiger partial charge in [0.2, 0.25) is 5.91 Å². The van der Waals surface area contributed by atoms with Gasteiger partial charge < -0.3 is 0 Å². The number of aromatic nitrogens is 1. The zero-order valence-corrected chi connectivity index (χ0v) is 6.48. The highest BCUT2D eigenvalue weighted by molar-refractivity contribution is 7.07. The number of nitrogens with zero attached hydrogens (tertiary/aromatic N) is 1. The van der Waals surface area contributed by atoms with Gasteiger partial charge in [-0.25, -0.2) is 4.57 Å². The lowest BCUT2D eigenvalue weighted by Crippen LogP contribution is -2.21. The van der Waals surface area contributed by atoms with Crippen LogP contribution in [0.15, 0.2) is 16.4 Å². The maximum atomic E-state index is 10.7. The maximum absolute atomic E-state index is 10.7. The summed E-state index contributed by atoms with van der Waals surface area (Å²) in [6.07, 6.45) is 1.41. The van der Waals surface area contributed by atoms with Gasteiger partial charge in [0.15, 0.2) is 0 Å². The molecule has 0 radical (unpaired) electrons. The van der Waals surface area contributed by atoms with Crippen LogP contribution in [-0.2, 0) is 0 Å². The summed E-state index contributed by atoms with van der Waals surface area (Å²) in [6, 6.07) is 0. The molecular weight excluding hydrogens is 174 g/mol. The number of hydrogen-bond donors (Lipinski definition) is 0. The topological polar surface area (TPSA) is 39.1 Å². The third kappa shape index (κ3) is 1.27. The van der Waals surface area contributed by atoms with Gasteiger partial charge in [-0.2, -0.15) is 0 Å². The molecule has 0 saturated carbocycles. The van der Waals surface area contributed by atoms with Gasteiger partial charge in [-0.15, -0.1) is 11.6 Å². The molecule has 0 unspecified atom stereocenters. The standard InChI is InChI=1S/C5H4ClNO2S/c6-3-4(8)7-1-2-10-5(7)9/h1-2H,3H2. The molecule has 1 heterocycles. The lowest BCUT2D eigenvalue weighted by Gasteiger charge is -1.90. The van der Waals surface area contributed by atoms with E-state index < -0.39 is 0 Å². The highest BCUT2D eigenvalue weighted by Crippen LogP contribution is 1.89. The fraction of sp³-hybridized carbons (Fsp3) is 0.200. The fourth-order valence-electron chi connectivity index (χ4n) is 0.516. The van der Waals surface area contributed by atoms with Crippen molar-refractivity contribution >= 4 is 28.8 Å². The Balaban J connectivity index is 3.05. The minimum atomic E-state index is -0.382. The molecule has 10 heavy (non-hydrogen) atoms. The first-order valence-corrected chi connectivity index (χ1v) is 3.92. The highest BCUT2D eigenvalue weighted by atomic mass is 35.5. The van der Waals surface area contributed by atoms with E-state index in [9.17, 15) is 9.59 Å². The van der Waals surface area contributed by atoms with Crippen LogP contribution < -0.4 is 4.87 Å². The summed E-state index contributed by atoms with van der Waals surface area (Å²) in [5, 5.41) is 1.55. The second-order valence-corrected chi connectivity index (χ2v) is 2.69. The lowest BCUT2D eigenvalue weighted by molar-refractivity contribution is 0.0938. The number of alkyl halides is 1. The summed E-state index contributed by atoms with van der Waals surface area (Å²) < 4.78 is 0.998. The van der Waals surface area contributed by atoms with E-state index in [1.54, 1.807) is 5.38 Å². The number of thiazole rings is 1. The molecule has 1 rings (SSSR count). The van der Waals surface area contributed by atoms with E-state index in [1.165, 1.54) is 6.20 Å². The Morgan fingerprint density at radius 3 is 2.90 bits per heavy atom. The second kappa shape index (κ2) is 2.98. The van der Waals surface area contributed by atoms with Crippen molar-refractivity contribution in [2.75, 3.05) is 5.88 Å². The molecule has 0 aliphatic heterocycles. The van der Waals surface area contributed by atoms with Crippen LogP contribution in [0.25, 0.3) is 0 Å². The molecule has 0 amide bonds. The Kier molecular flexibility index (Phi) is 2.24. The largest absolute Gasteiger partial charge is 0.313 e. The first-order valence-electron chi connectivity index (χ1n) is 2.51. The van der Waals surface area contributed by atoms with Crippen LogP contribution >= 0.6 is 22.9 Å². The Morgan fingerprint density at radius 2 is 2.50 bits per heavy atom. The van der Waals surface area contributed by atoms with Gasteiger partial charge in [0.25, 0.3) is 0 Å². The Labute approximate surface area is 65.9 Å². The minimum absolute atomic E-state index is 0.156. The summed E-state index contributed by atoms with van der Waals surface area (Å²) in [6.45, 7) is 0. The van der Waals surface area contributed by atoms with Crippen molar-refractivity contribution in [3.8, 4) is 0 Å². The lowest BCUT2D eigenvalue weighted by atomic mass is 10.7. The molecule has 0 saturated heterocycles. The van der Waals surface area contributed by atoms with E-state index in [0.717, 1.165) is 15.9 Å². The quantitative estimate of drug-likeness (QED) is 0.595. The van der Waals surface area contributed by atoms with Crippen LogP contribution in [0.2, 0.25) is 0 Å². The van der Waals surface area contributed by atoms with Crippen molar-refractivity contribution < 1.29 is 4.79 Å². The van der Waals surface area contributed by atoms with Crippen LogP contribution in [0.5, 0.6) is 0 Å². The summed E-state index contributed by atoms with van der Waals surface area (Å²) in [5.41, 5.74) is 0. The van der Waals surface area contributed by atoms with Crippen molar-refractivity contribution in [2.24, 2.45) is 0 Å². The van der Waals surface area contributed by atoms with Gasteiger partial charge >= 0.3 is 4.87 Å². The summed E-state index contributed by atoms with van der Waals surface area (Å²) in [7, 11) is 0. The Morgan fingerprint density at radius 1 is 1.80 bits per heavy atom. The molecule has 54 valence electrons. The van der Waals surface area contributed by atoms with Gasteiger partial charge in [0.05, 0.1) is 0 Å². The monoisotopic (exact) mass is 177 g/mol. The molecule has 0 atom stereocenters. The molecule has 0 bridgehead atoms. The molecule has 0 aliphatic rings. The van der Waals surface area contributed by atoms with Gasteiger partial charge in [0, 0.05) is 11.6 Å². The summed E-state index contributed by atoms with van der Waals surface area (Å²) in [4.78, 5) is 21.2. The van der Waals surface area contributed by atoms with Crippen molar-refractivity contribution in [1.29, 1.82) is 0 Å². The molecule has 0 aliphatic carbocycles. The average Bonchev–Trinajstić information content (AvgIpc) is 2.34. The second-order valence-electron chi connectivity index (χ2n) is 1.57. The molecule has 3 nitrogen and oxygen atoms in total. The average molecular weight is 178 g/mol. The highest BCUT2D eigenvalue weighted by Gasteiger charge is 2.03. The van der Waals surface area contributed by atoms with E-state index in [0.29, 0.717) is 0 Å². The first-order chi connectivity index (χ1) is 4.75. The molecule has 0 fully saturated rings. The van der Waals surface area contributed by atoms with Crippen LogP contribution in [0.1, 0.15) is 4.79 Å². The zero-order chi connectivity index (χ0) is 7.56. The van der Waals surface area contributed by atoms with Crippen LogP contribution in [0.4, 0.5) is 0 Å². The molecule has 0 N–H and O–H groups in total. The normalized spacial score (nSPS) is 9.70. The fourth-order valence-corrected chi connectivity index (χ4v) is 1.22. The molecule has 5 heteroatoms. The zero-order valence-electron chi connectivity index (χ0n) is 4.91. The van der Waals surface area contributed by atoms with Gasteiger partial charge in [0.1, 0.15) is 5.88 Å². The van der Waals surface area contributed by atoms with E-state index in [2.05, 4.69) is 0 Å². The van der Waals surface area contributed by atoms with Crippen molar-refractivity contribution in [1.82, 2.24) is 4.57 Å². The van der Waals surface area contributed by atoms with Gasteiger partial charge in [-0.1, -0.05) is 11.3 Å². The predicted molar refractivity (Wildman–Crippen MR) is 39.9 cm³/mol. The number of carbonyl (C=O) groups is 1. The predicted octanol–water partition coefficient (Wildman–Crippen LogP) is 0.789. The van der Waals surface area contributed by atoms with Crippen molar-refractivity contribution in [3.63, 3.8) is 0 Å². The Bertz CT molecular complexity index is 290. The minimum Gasteiger partial charge on any atom is -0.273 e. The first kappa shape index (κ1) is 7.50. The van der Waals surface area contributed by atoms with Crippen LogP contribution in [0, 0.1) is 0 Å². The summed E-state index contributed by atoms with van der Waals surface area (Å²) in [5.74, 6) is -0.538. The number of rotatable bonds is 1. The van der Waals surface area contributed by atoms with Crippen LogP contribution in [-0.4, -0.2) is 16.4 Å². The molecular formula is C5H4ClNO2S. The maximum Gasteiger partial charge on any atom is 0.313 e. The van der Waals surface area contributed by atoms with E-state index in [1.807, 2.05) is 0 Å². The van der Waals surface area contributed by atoms with Crippen LogP contribution in [0.3, 0.4) is 0 Å². The van der Waals surface area contributed by atoms with Gasteiger partial charge in [-0.05, 0) is 0 Å². The smallest absolute Gasteiger partial charge is 0.273 e.